The number of hydrogen-bond acceptors (Lipinski definition) is 6. The lowest BCUT2D eigenvalue weighted by Gasteiger charge is -2.15. The molecule has 0 saturated carbocycles. The van der Waals surface area contributed by atoms with E-state index < -0.39 is 5.25 Å². The Hall–Kier alpha value is -3.65. The van der Waals surface area contributed by atoms with Crippen LogP contribution in [0.25, 0.3) is 5.69 Å². The normalized spacial score (nSPS) is 11.8. The molecule has 0 aliphatic rings. The van der Waals surface area contributed by atoms with Crippen LogP contribution in [0.4, 0.5) is 0 Å². The van der Waals surface area contributed by atoms with Crippen molar-refractivity contribution in [2.45, 2.75) is 30.9 Å². The molecule has 0 N–H and O–H groups in total. The number of aromatic nitrogens is 3. The fourth-order valence-electron chi connectivity index (χ4n) is 3.40. The molecule has 0 fully saturated rings. The van der Waals surface area contributed by atoms with Crippen LogP contribution in [-0.4, -0.2) is 26.2 Å². The summed E-state index contributed by atoms with van der Waals surface area (Å²) in [6, 6.07) is 25.4. The maximum absolute atomic E-state index is 11.4. The zero-order chi connectivity index (χ0) is 23.2. The largest absolute Gasteiger partial charge is 0.489 e. The first-order chi connectivity index (χ1) is 16.0. The van der Waals surface area contributed by atoms with Gasteiger partial charge in [-0.1, -0.05) is 71.9 Å². The topological polar surface area (TPSA) is 83.1 Å². The van der Waals surface area contributed by atoms with Gasteiger partial charge in [-0.2, -0.15) is 0 Å². The van der Waals surface area contributed by atoms with Crippen LogP contribution in [0.1, 0.15) is 27.8 Å². The summed E-state index contributed by atoms with van der Waals surface area (Å²) in [7, 11) is 0. The molecule has 0 saturated heterocycles. The number of thioether (sulfide) groups is 1. The average Bonchev–Trinajstić information content (AvgIpc) is 3.19. The monoisotopic (exact) mass is 460 g/mol. The van der Waals surface area contributed by atoms with Crippen LogP contribution in [-0.2, 0) is 6.61 Å². The molecular formula is C25H24N4O3S. The Morgan fingerprint density at radius 3 is 2.33 bits per heavy atom. The van der Waals surface area contributed by atoms with Crippen LogP contribution in [0.3, 0.4) is 0 Å². The zero-order valence-corrected chi connectivity index (χ0v) is 19.2. The zero-order valence-electron chi connectivity index (χ0n) is 18.4. The predicted octanol–water partition coefficient (Wildman–Crippen LogP) is 5.57. The quantitative estimate of drug-likeness (QED) is 0.184. The van der Waals surface area contributed by atoms with E-state index in [9.17, 15) is 10.1 Å². The van der Waals surface area contributed by atoms with Gasteiger partial charge < -0.3 is 4.74 Å². The van der Waals surface area contributed by atoms with Crippen LogP contribution >= 0.6 is 11.8 Å². The maximum atomic E-state index is 11.4. The van der Waals surface area contributed by atoms with Crippen molar-refractivity contribution in [2.75, 3.05) is 6.54 Å². The van der Waals surface area contributed by atoms with Gasteiger partial charge in [-0.15, -0.1) is 10.2 Å². The van der Waals surface area contributed by atoms with E-state index in [0.717, 1.165) is 22.6 Å². The summed E-state index contributed by atoms with van der Waals surface area (Å²) in [5, 5.41) is 20.1. The molecule has 0 amide bonds. The van der Waals surface area contributed by atoms with Gasteiger partial charge in [0, 0.05) is 10.6 Å². The Bertz CT molecular complexity index is 1210. The first kappa shape index (κ1) is 22.5. The van der Waals surface area contributed by atoms with Crippen LogP contribution in [0, 0.1) is 24.0 Å². The SMILES string of the molecule is Cc1ccc(COc2ccc([C@@H](C[N+](=O)[O-])Sc3nnc(C)n3-c3ccccc3)cc2)cc1. The van der Waals surface area contributed by atoms with Crippen molar-refractivity contribution in [1.29, 1.82) is 0 Å². The summed E-state index contributed by atoms with van der Waals surface area (Å²) in [6.45, 7) is 4.15. The highest BCUT2D eigenvalue weighted by atomic mass is 32.2. The molecule has 0 radical (unpaired) electrons. The van der Waals surface area contributed by atoms with E-state index in [1.165, 1.54) is 17.3 Å². The van der Waals surface area contributed by atoms with Gasteiger partial charge >= 0.3 is 0 Å². The molecule has 0 spiro atoms. The van der Waals surface area contributed by atoms with E-state index in [-0.39, 0.29) is 11.5 Å². The van der Waals surface area contributed by atoms with E-state index in [1.54, 1.807) is 0 Å². The molecule has 8 heteroatoms. The second-order valence-electron chi connectivity index (χ2n) is 7.67. The Kier molecular flexibility index (Phi) is 7.04. The maximum Gasteiger partial charge on any atom is 0.220 e. The van der Waals surface area contributed by atoms with Crippen molar-refractivity contribution in [3.8, 4) is 11.4 Å². The third-order valence-electron chi connectivity index (χ3n) is 5.15. The van der Waals surface area contributed by atoms with Gasteiger partial charge in [0.2, 0.25) is 6.54 Å². The second kappa shape index (κ2) is 10.3. The lowest BCUT2D eigenvalue weighted by Crippen LogP contribution is -2.11. The number of hydrogen-bond donors (Lipinski definition) is 0. The molecule has 33 heavy (non-hydrogen) atoms. The summed E-state index contributed by atoms with van der Waals surface area (Å²) >= 11 is 1.34. The number of ether oxygens (including phenoxy) is 1. The van der Waals surface area contributed by atoms with Gasteiger partial charge in [0.1, 0.15) is 23.4 Å². The molecule has 3 aromatic carbocycles. The fraction of sp³-hybridized carbons (Fsp3) is 0.200. The molecule has 0 aliphatic heterocycles. The number of nitrogens with zero attached hydrogens (tertiary/aromatic N) is 4. The van der Waals surface area contributed by atoms with Gasteiger partial charge in [-0.3, -0.25) is 14.7 Å². The van der Waals surface area contributed by atoms with Gasteiger partial charge in [-0.05, 0) is 49.2 Å². The first-order valence-electron chi connectivity index (χ1n) is 10.5. The Morgan fingerprint density at radius 2 is 1.67 bits per heavy atom. The summed E-state index contributed by atoms with van der Waals surface area (Å²) < 4.78 is 7.79. The van der Waals surface area contributed by atoms with Gasteiger partial charge in [-0.25, -0.2) is 0 Å². The molecule has 0 aliphatic carbocycles. The fourth-order valence-corrected chi connectivity index (χ4v) is 4.57. The van der Waals surface area contributed by atoms with Gasteiger partial charge in [0.15, 0.2) is 5.16 Å². The molecular weight excluding hydrogens is 436 g/mol. The number of nitro groups is 1. The molecule has 1 atom stereocenters. The molecule has 4 rings (SSSR count). The summed E-state index contributed by atoms with van der Waals surface area (Å²) in [4.78, 5) is 11.1. The minimum Gasteiger partial charge on any atom is -0.489 e. The molecule has 0 bridgehead atoms. The van der Waals surface area contributed by atoms with E-state index in [2.05, 4.69) is 22.3 Å². The lowest BCUT2D eigenvalue weighted by molar-refractivity contribution is -0.479. The van der Waals surface area contributed by atoms with Crippen LogP contribution in [0.5, 0.6) is 5.75 Å². The van der Waals surface area contributed by atoms with Crippen molar-refractivity contribution < 1.29 is 9.66 Å². The van der Waals surface area contributed by atoms with Crippen LogP contribution in [0.15, 0.2) is 84.0 Å². The Morgan fingerprint density at radius 1 is 0.970 bits per heavy atom. The van der Waals surface area contributed by atoms with E-state index in [0.29, 0.717) is 17.5 Å². The summed E-state index contributed by atoms with van der Waals surface area (Å²) in [5.41, 5.74) is 4.04. The minimum absolute atomic E-state index is 0.227. The standard InChI is InChI=1S/C25H24N4O3S/c1-18-8-10-20(11-9-18)17-32-23-14-12-21(13-15-23)24(16-28(30)31)33-25-27-26-19(2)29(25)22-6-4-3-5-7-22/h3-15,24H,16-17H2,1-2H3/t24-/m1/s1. The van der Waals surface area contributed by atoms with Crippen molar-refractivity contribution in [1.82, 2.24) is 14.8 Å². The van der Waals surface area contributed by atoms with E-state index >= 15 is 0 Å². The number of aryl methyl sites for hydroxylation is 2. The summed E-state index contributed by atoms with van der Waals surface area (Å²) in [5.74, 6) is 1.44. The molecule has 4 aromatic rings. The third kappa shape index (κ3) is 5.78. The van der Waals surface area contributed by atoms with Gasteiger partial charge in [0.05, 0.1) is 0 Å². The Labute approximate surface area is 196 Å². The smallest absolute Gasteiger partial charge is 0.220 e. The minimum atomic E-state index is -0.419. The number of benzene rings is 3. The van der Waals surface area contributed by atoms with Crippen LogP contribution < -0.4 is 4.74 Å². The Balaban J connectivity index is 1.51. The molecule has 1 aromatic heterocycles. The van der Waals surface area contributed by atoms with Crippen molar-refractivity contribution in [3.05, 3.63) is 111 Å². The predicted molar refractivity (Wildman–Crippen MR) is 129 cm³/mol. The molecule has 1 heterocycles. The van der Waals surface area contributed by atoms with Gasteiger partial charge in [0.25, 0.3) is 0 Å². The highest BCUT2D eigenvalue weighted by Gasteiger charge is 2.23. The summed E-state index contributed by atoms with van der Waals surface area (Å²) in [6.07, 6.45) is 0. The van der Waals surface area contributed by atoms with Crippen molar-refractivity contribution >= 4 is 11.8 Å². The molecule has 168 valence electrons. The molecule has 7 nitrogen and oxygen atoms in total. The lowest BCUT2D eigenvalue weighted by atomic mass is 10.1. The van der Waals surface area contributed by atoms with Crippen molar-refractivity contribution in [3.63, 3.8) is 0 Å². The second-order valence-corrected chi connectivity index (χ2v) is 8.84. The third-order valence-corrected chi connectivity index (χ3v) is 6.33. The van der Waals surface area contributed by atoms with E-state index in [1.807, 2.05) is 85.1 Å². The highest BCUT2D eigenvalue weighted by molar-refractivity contribution is 7.99. The number of rotatable bonds is 9. The highest BCUT2D eigenvalue weighted by Crippen LogP contribution is 2.36. The number of para-hydroxylation sites is 1. The first-order valence-corrected chi connectivity index (χ1v) is 11.4. The van der Waals surface area contributed by atoms with E-state index in [4.69, 9.17) is 4.74 Å². The van der Waals surface area contributed by atoms with Crippen molar-refractivity contribution in [2.24, 2.45) is 0 Å². The van der Waals surface area contributed by atoms with Crippen LogP contribution in [0.2, 0.25) is 0 Å². The molecule has 0 unspecified atom stereocenters. The average molecular weight is 461 g/mol.